The number of benzene rings is 1. The van der Waals surface area contributed by atoms with E-state index in [2.05, 4.69) is 23.3 Å². The van der Waals surface area contributed by atoms with Gasteiger partial charge < -0.3 is 11.1 Å². The number of unbranched alkanes of at least 4 members (excludes halogenated alkanes) is 3. The predicted molar refractivity (Wildman–Crippen MR) is 78.8 cm³/mol. The third-order valence-corrected chi connectivity index (χ3v) is 3.15. The largest absolute Gasteiger partial charge is 0.397 e. The van der Waals surface area contributed by atoms with E-state index in [1.165, 1.54) is 25.7 Å². The molecule has 0 saturated heterocycles. The quantitative estimate of drug-likeness (QED) is 0.599. The first-order valence-corrected chi connectivity index (χ1v) is 6.70. The molecular weight excluding hydrogens is 222 g/mol. The highest BCUT2D eigenvalue weighted by Crippen LogP contribution is 2.26. The molecule has 0 amide bonds. The topological polar surface area (TPSA) is 50.9 Å². The summed E-state index contributed by atoms with van der Waals surface area (Å²) in [6.45, 7) is 3.24. The highest BCUT2D eigenvalue weighted by Gasteiger charge is 2.03. The normalized spacial score (nSPS) is 10.7. The van der Waals surface area contributed by atoms with Crippen molar-refractivity contribution in [3.8, 4) is 0 Å². The van der Waals surface area contributed by atoms with Crippen molar-refractivity contribution in [1.82, 2.24) is 4.98 Å². The standard InChI is InChI=1S/C15H21N3/c1-2-3-4-5-10-17-14-9-8-13(16)15-12(14)7-6-11-18-15/h6-9,11,17H,2-5,10,16H2,1H3. The maximum absolute atomic E-state index is 5.93. The molecule has 1 aromatic carbocycles. The van der Waals surface area contributed by atoms with Crippen LogP contribution in [0.3, 0.4) is 0 Å². The number of pyridine rings is 1. The van der Waals surface area contributed by atoms with Gasteiger partial charge in [0.1, 0.15) is 0 Å². The van der Waals surface area contributed by atoms with Gasteiger partial charge in [-0.1, -0.05) is 26.2 Å². The minimum atomic E-state index is 0.738. The smallest absolute Gasteiger partial charge is 0.0951 e. The van der Waals surface area contributed by atoms with Crippen LogP contribution in [0.1, 0.15) is 32.6 Å². The highest BCUT2D eigenvalue weighted by molar-refractivity contribution is 5.98. The summed E-state index contributed by atoms with van der Waals surface area (Å²) >= 11 is 0. The molecule has 0 unspecified atom stereocenters. The molecule has 3 N–H and O–H groups in total. The van der Waals surface area contributed by atoms with Crippen molar-refractivity contribution < 1.29 is 0 Å². The van der Waals surface area contributed by atoms with Gasteiger partial charge in [0.2, 0.25) is 0 Å². The molecule has 0 saturated carbocycles. The Labute approximate surface area is 108 Å². The van der Waals surface area contributed by atoms with Crippen LogP contribution in [0, 0.1) is 0 Å². The van der Waals surface area contributed by atoms with E-state index in [-0.39, 0.29) is 0 Å². The Balaban J connectivity index is 2.07. The minimum Gasteiger partial charge on any atom is -0.397 e. The Kier molecular flexibility index (Phi) is 4.40. The predicted octanol–water partition coefficient (Wildman–Crippen LogP) is 3.81. The van der Waals surface area contributed by atoms with Gasteiger partial charge in [-0.25, -0.2) is 0 Å². The molecule has 0 bridgehead atoms. The lowest BCUT2D eigenvalue weighted by Gasteiger charge is -2.10. The SMILES string of the molecule is CCCCCCNc1ccc(N)c2ncccc12. The van der Waals surface area contributed by atoms with Crippen LogP contribution < -0.4 is 11.1 Å². The van der Waals surface area contributed by atoms with E-state index >= 15 is 0 Å². The number of anilines is 2. The average molecular weight is 243 g/mol. The van der Waals surface area contributed by atoms with Crippen molar-refractivity contribution in [2.75, 3.05) is 17.6 Å². The Morgan fingerprint density at radius 2 is 2.06 bits per heavy atom. The first-order chi connectivity index (χ1) is 8.83. The number of hydrogen-bond donors (Lipinski definition) is 2. The zero-order valence-electron chi connectivity index (χ0n) is 10.9. The van der Waals surface area contributed by atoms with Crippen LogP contribution in [0.25, 0.3) is 10.9 Å². The van der Waals surface area contributed by atoms with Crippen LogP contribution in [0.4, 0.5) is 11.4 Å². The summed E-state index contributed by atoms with van der Waals surface area (Å²) in [7, 11) is 0. The molecule has 0 spiro atoms. The van der Waals surface area contributed by atoms with E-state index in [0.717, 1.165) is 28.8 Å². The molecule has 1 aromatic heterocycles. The number of fused-ring (bicyclic) bond motifs is 1. The fraction of sp³-hybridized carbons (Fsp3) is 0.400. The van der Waals surface area contributed by atoms with Gasteiger partial charge in [-0.3, -0.25) is 4.98 Å². The zero-order chi connectivity index (χ0) is 12.8. The van der Waals surface area contributed by atoms with Gasteiger partial charge in [-0.15, -0.1) is 0 Å². The Morgan fingerprint density at radius 3 is 2.89 bits per heavy atom. The second kappa shape index (κ2) is 6.24. The van der Waals surface area contributed by atoms with Gasteiger partial charge in [0.25, 0.3) is 0 Å². The van der Waals surface area contributed by atoms with Gasteiger partial charge in [-0.05, 0) is 30.7 Å². The van der Waals surface area contributed by atoms with Crippen molar-refractivity contribution in [2.45, 2.75) is 32.6 Å². The van der Waals surface area contributed by atoms with Crippen LogP contribution in [0.15, 0.2) is 30.5 Å². The molecule has 0 radical (unpaired) electrons. The van der Waals surface area contributed by atoms with Gasteiger partial charge in [0, 0.05) is 23.8 Å². The summed E-state index contributed by atoms with van der Waals surface area (Å²) in [6, 6.07) is 7.97. The molecule has 0 atom stereocenters. The number of nitrogens with one attached hydrogen (secondary N) is 1. The van der Waals surface area contributed by atoms with E-state index in [4.69, 9.17) is 5.73 Å². The van der Waals surface area contributed by atoms with Crippen molar-refractivity contribution in [3.63, 3.8) is 0 Å². The average Bonchev–Trinajstić information content (AvgIpc) is 2.41. The lowest BCUT2D eigenvalue weighted by Crippen LogP contribution is -2.03. The maximum Gasteiger partial charge on any atom is 0.0951 e. The van der Waals surface area contributed by atoms with Crippen molar-refractivity contribution in [2.24, 2.45) is 0 Å². The van der Waals surface area contributed by atoms with Crippen molar-refractivity contribution >= 4 is 22.3 Å². The van der Waals surface area contributed by atoms with Gasteiger partial charge in [0.15, 0.2) is 0 Å². The minimum absolute atomic E-state index is 0.738. The van der Waals surface area contributed by atoms with E-state index in [1.54, 1.807) is 6.20 Å². The second-order valence-electron chi connectivity index (χ2n) is 4.59. The summed E-state index contributed by atoms with van der Waals surface area (Å²) in [5.41, 5.74) is 8.68. The van der Waals surface area contributed by atoms with Gasteiger partial charge in [-0.2, -0.15) is 0 Å². The highest BCUT2D eigenvalue weighted by atomic mass is 14.9. The second-order valence-corrected chi connectivity index (χ2v) is 4.59. The maximum atomic E-state index is 5.93. The molecule has 0 aliphatic heterocycles. The third-order valence-electron chi connectivity index (χ3n) is 3.15. The summed E-state index contributed by atoms with van der Waals surface area (Å²) in [5.74, 6) is 0. The first-order valence-electron chi connectivity index (χ1n) is 6.70. The van der Waals surface area contributed by atoms with E-state index in [1.807, 2.05) is 18.2 Å². The fourth-order valence-electron chi connectivity index (χ4n) is 2.12. The zero-order valence-corrected chi connectivity index (χ0v) is 10.9. The number of hydrogen-bond acceptors (Lipinski definition) is 3. The molecule has 18 heavy (non-hydrogen) atoms. The molecule has 0 aliphatic carbocycles. The number of nitrogen functional groups attached to an aromatic ring is 1. The van der Waals surface area contributed by atoms with Crippen LogP contribution in [-0.4, -0.2) is 11.5 Å². The Hall–Kier alpha value is -1.77. The summed E-state index contributed by atoms with van der Waals surface area (Å²) in [5, 5.41) is 4.58. The van der Waals surface area contributed by atoms with Crippen molar-refractivity contribution in [1.29, 1.82) is 0 Å². The lowest BCUT2D eigenvalue weighted by molar-refractivity contribution is 0.685. The summed E-state index contributed by atoms with van der Waals surface area (Å²) < 4.78 is 0. The van der Waals surface area contributed by atoms with Gasteiger partial charge >= 0.3 is 0 Å². The molecule has 3 nitrogen and oxygen atoms in total. The van der Waals surface area contributed by atoms with Crippen LogP contribution in [0.2, 0.25) is 0 Å². The molecule has 2 rings (SSSR count). The van der Waals surface area contributed by atoms with E-state index in [0.29, 0.717) is 0 Å². The monoisotopic (exact) mass is 243 g/mol. The summed E-state index contributed by atoms with van der Waals surface area (Å²) in [4.78, 5) is 4.33. The Bertz CT molecular complexity index is 508. The third kappa shape index (κ3) is 2.92. The molecule has 1 heterocycles. The lowest BCUT2D eigenvalue weighted by atomic mass is 10.1. The van der Waals surface area contributed by atoms with Gasteiger partial charge in [0.05, 0.1) is 11.2 Å². The fourth-order valence-corrected chi connectivity index (χ4v) is 2.12. The summed E-state index contributed by atoms with van der Waals surface area (Å²) in [6.07, 6.45) is 6.86. The molecule has 3 heteroatoms. The first kappa shape index (κ1) is 12.7. The molecule has 96 valence electrons. The van der Waals surface area contributed by atoms with Crippen LogP contribution in [-0.2, 0) is 0 Å². The molecule has 0 aliphatic rings. The number of aromatic nitrogens is 1. The van der Waals surface area contributed by atoms with Crippen molar-refractivity contribution in [3.05, 3.63) is 30.5 Å². The Morgan fingerprint density at radius 1 is 1.17 bits per heavy atom. The van der Waals surface area contributed by atoms with Crippen LogP contribution >= 0.6 is 0 Å². The number of rotatable bonds is 6. The number of nitrogens with zero attached hydrogens (tertiary/aromatic N) is 1. The number of nitrogens with two attached hydrogens (primary N) is 1. The molecule has 2 aromatic rings. The molecular formula is C15H21N3. The van der Waals surface area contributed by atoms with Crippen LogP contribution in [0.5, 0.6) is 0 Å². The van der Waals surface area contributed by atoms with E-state index in [9.17, 15) is 0 Å². The molecule has 0 fully saturated rings. The van der Waals surface area contributed by atoms with E-state index < -0.39 is 0 Å².